The van der Waals surface area contributed by atoms with E-state index in [-0.39, 0.29) is 5.54 Å². The molecule has 102 valence electrons. The van der Waals surface area contributed by atoms with Crippen molar-refractivity contribution < 1.29 is 0 Å². The molecule has 1 nitrogen and oxygen atoms in total. The number of fused-ring (bicyclic) bond motifs is 4. The molecular weight excluding hydrogens is 266 g/mol. The largest absolute Gasteiger partial charge is 0.304 e. The third-order valence-electron chi connectivity index (χ3n) is 4.83. The first-order valence-electron chi connectivity index (χ1n) is 7.42. The van der Waals surface area contributed by atoms with Crippen LogP contribution in [0.2, 0.25) is 5.02 Å². The van der Waals surface area contributed by atoms with Crippen molar-refractivity contribution in [3.05, 3.63) is 69.7 Å². The van der Waals surface area contributed by atoms with Gasteiger partial charge in [0.25, 0.3) is 0 Å². The second-order valence-corrected chi connectivity index (χ2v) is 6.33. The summed E-state index contributed by atoms with van der Waals surface area (Å²) in [5.74, 6) is 0. The van der Waals surface area contributed by atoms with Crippen molar-refractivity contribution in [2.24, 2.45) is 0 Å². The van der Waals surface area contributed by atoms with Gasteiger partial charge >= 0.3 is 0 Å². The smallest absolute Gasteiger partial charge is 0.0696 e. The summed E-state index contributed by atoms with van der Waals surface area (Å²) < 4.78 is 0. The minimum Gasteiger partial charge on any atom is -0.304 e. The van der Waals surface area contributed by atoms with E-state index in [9.17, 15) is 0 Å². The fourth-order valence-corrected chi connectivity index (χ4v) is 4.11. The van der Waals surface area contributed by atoms with Gasteiger partial charge in [0.05, 0.1) is 5.54 Å². The molecule has 20 heavy (non-hydrogen) atoms. The Labute approximate surface area is 125 Å². The van der Waals surface area contributed by atoms with Crippen LogP contribution in [0.5, 0.6) is 0 Å². The first-order chi connectivity index (χ1) is 9.79. The molecule has 0 saturated carbocycles. The highest BCUT2D eigenvalue weighted by Crippen LogP contribution is 2.43. The van der Waals surface area contributed by atoms with E-state index in [1.54, 1.807) is 0 Å². The van der Waals surface area contributed by atoms with Gasteiger partial charge in [-0.05, 0) is 66.6 Å². The minimum absolute atomic E-state index is 0.0205. The molecule has 0 aromatic heterocycles. The average molecular weight is 284 g/mol. The van der Waals surface area contributed by atoms with E-state index in [0.29, 0.717) is 0 Å². The lowest BCUT2D eigenvalue weighted by Crippen LogP contribution is -2.38. The molecule has 4 rings (SSSR count). The van der Waals surface area contributed by atoms with Crippen LogP contribution in [0, 0.1) is 0 Å². The zero-order valence-corrected chi connectivity index (χ0v) is 12.2. The fourth-order valence-electron chi connectivity index (χ4n) is 3.94. The topological polar surface area (TPSA) is 12.0 Å². The molecule has 0 radical (unpaired) electrons. The highest BCUT2D eigenvalue weighted by Gasteiger charge is 2.41. The normalized spacial score (nSPS) is 24.2. The Kier molecular flexibility index (Phi) is 2.87. The molecule has 1 unspecified atom stereocenters. The van der Waals surface area contributed by atoms with Crippen LogP contribution in [0.15, 0.2) is 42.5 Å². The Hall–Kier alpha value is -1.31. The van der Waals surface area contributed by atoms with Crippen molar-refractivity contribution in [1.82, 2.24) is 5.32 Å². The maximum absolute atomic E-state index is 6.29. The molecule has 2 aromatic carbocycles. The Morgan fingerprint density at radius 2 is 1.75 bits per heavy atom. The molecule has 1 aliphatic carbocycles. The SMILES string of the molecule is Clc1ccc2c(c1)C1(CCCN1)c1ccccc1CC2. The van der Waals surface area contributed by atoms with E-state index in [1.807, 2.05) is 6.07 Å². The molecule has 1 atom stereocenters. The number of aryl methyl sites for hydroxylation is 2. The maximum Gasteiger partial charge on any atom is 0.0696 e. The molecule has 1 heterocycles. The zero-order valence-electron chi connectivity index (χ0n) is 11.5. The van der Waals surface area contributed by atoms with Crippen LogP contribution >= 0.6 is 11.6 Å². The van der Waals surface area contributed by atoms with E-state index < -0.39 is 0 Å². The minimum atomic E-state index is -0.0205. The molecule has 1 N–H and O–H groups in total. The predicted molar refractivity (Wildman–Crippen MR) is 83.3 cm³/mol. The summed E-state index contributed by atoms with van der Waals surface area (Å²) in [5.41, 5.74) is 5.76. The van der Waals surface area contributed by atoms with E-state index >= 15 is 0 Å². The number of hydrogen-bond acceptors (Lipinski definition) is 1. The number of nitrogens with one attached hydrogen (secondary N) is 1. The fraction of sp³-hybridized carbons (Fsp3) is 0.333. The summed E-state index contributed by atoms with van der Waals surface area (Å²) in [4.78, 5) is 0. The van der Waals surface area contributed by atoms with E-state index in [0.717, 1.165) is 30.8 Å². The quantitative estimate of drug-likeness (QED) is 0.769. The maximum atomic E-state index is 6.29. The van der Waals surface area contributed by atoms with Gasteiger partial charge in [-0.1, -0.05) is 41.9 Å². The third-order valence-corrected chi connectivity index (χ3v) is 5.06. The van der Waals surface area contributed by atoms with Crippen molar-refractivity contribution in [3.63, 3.8) is 0 Å². The summed E-state index contributed by atoms with van der Waals surface area (Å²) in [6.07, 6.45) is 4.61. The molecule has 0 amide bonds. The number of halogens is 1. The summed E-state index contributed by atoms with van der Waals surface area (Å²) in [7, 11) is 0. The van der Waals surface area contributed by atoms with Gasteiger partial charge in [-0.25, -0.2) is 0 Å². The van der Waals surface area contributed by atoms with Crippen LogP contribution in [0.25, 0.3) is 0 Å². The molecule has 2 aliphatic rings. The standard InChI is InChI=1S/C18H18ClN/c19-15-9-8-14-7-6-13-4-1-2-5-16(13)18(17(14)12-15)10-3-11-20-18/h1-2,4-5,8-9,12,20H,3,6-7,10-11H2. The second kappa shape index (κ2) is 4.61. The Morgan fingerprint density at radius 3 is 2.55 bits per heavy atom. The van der Waals surface area contributed by atoms with Crippen molar-refractivity contribution >= 4 is 11.6 Å². The highest BCUT2D eigenvalue weighted by molar-refractivity contribution is 6.30. The summed E-state index contributed by atoms with van der Waals surface area (Å²) in [6.45, 7) is 1.08. The number of rotatable bonds is 0. The van der Waals surface area contributed by atoms with Crippen LogP contribution in [-0.4, -0.2) is 6.54 Å². The van der Waals surface area contributed by atoms with E-state index in [2.05, 4.69) is 41.7 Å². The lowest BCUT2D eigenvalue weighted by Gasteiger charge is -2.33. The van der Waals surface area contributed by atoms with Gasteiger partial charge in [0.15, 0.2) is 0 Å². The van der Waals surface area contributed by atoms with Crippen molar-refractivity contribution in [2.45, 2.75) is 31.2 Å². The summed E-state index contributed by atoms with van der Waals surface area (Å²) in [6, 6.07) is 15.3. The lowest BCUT2D eigenvalue weighted by atomic mass is 9.79. The van der Waals surface area contributed by atoms with Crippen LogP contribution < -0.4 is 5.32 Å². The van der Waals surface area contributed by atoms with E-state index in [1.165, 1.54) is 28.7 Å². The molecule has 1 aliphatic heterocycles. The van der Waals surface area contributed by atoms with Crippen LogP contribution in [0.1, 0.15) is 35.1 Å². The zero-order chi connectivity index (χ0) is 13.6. The van der Waals surface area contributed by atoms with Gasteiger partial charge in [-0.3, -0.25) is 0 Å². The predicted octanol–water partition coefficient (Wildman–Crippen LogP) is 4.07. The van der Waals surface area contributed by atoms with Crippen molar-refractivity contribution in [3.8, 4) is 0 Å². The van der Waals surface area contributed by atoms with Gasteiger partial charge in [-0.2, -0.15) is 0 Å². The van der Waals surface area contributed by atoms with Crippen LogP contribution in [0.4, 0.5) is 0 Å². The van der Waals surface area contributed by atoms with E-state index in [4.69, 9.17) is 11.6 Å². The summed E-state index contributed by atoms with van der Waals surface area (Å²) >= 11 is 6.29. The van der Waals surface area contributed by atoms with Crippen molar-refractivity contribution in [2.75, 3.05) is 6.54 Å². The van der Waals surface area contributed by atoms with Crippen molar-refractivity contribution in [1.29, 1.82) is 0 Å². The first kappa shape index (κ1) is 12.4. The third kappa shape index (κ3) is 1.73. The molecule has 1 fully saturated rings. The molecule has 0 bridgehead atoms. The molecule has 1 saturated heterocycles. The number of benzene rings is 2. The van der Waals surface area contributed by atoms with Crippen LogP contribution in [-0.2, 0) is 18.4 Å². The lowest BCUT2D eigenvalue weighted by molar-refractivity contribution is 0.473. The molecule has 1 spiro atoms. The summed E-state index contributed by atoms with van der Waals surface area (Å²) in [5, 5.41) is 4.64. The Bertz CT molecular complexity index is 656. The Balaban J connectivity index is 2.02. The Morgan fingerprint density at radius 1 is 0.950 bits per heavy atom. The number of hydrogen-bond donors (Lipinski definition) is 1. The monoisotopic (exact) mass is 283 g/mol. The molecule has 2 heteroatoms. The van der Waals surface area contributed by atoms with Gasteiger partial charge in [-0.15, -0.1) is 0 Å². The average Bonchev–Trinajstić information content (AvgIpc) is 2.92. The van der Waals surface area contributed by atoms with Crippen LogP contribution in [0.3, 0.4) is 0 Å². The molecule has 2 aromatic rings. The highest BCUT2D eigenvalue weighted by atomic mass is 35.5. The van der Waals surface area contributed by atoms with Gasteiger partial charge < -0.3 is 5.32 Å². The van der Waals surface area contributed by atoms with Gasteiger partial charge in [0.1, 0.15) is 0 Å². The molecular formula is C18H18ClN. The second-order valence-electron chi connectivity index (χ2n) is 5.89. The first-order valence-corrected chi connectivity index (χ1v) is 7.80. The van der Waals surface area contributed by atoms with Gasteiger partial charge in [0.2, 0.25) is 0 Å². The van der Waals surface area contributed by atoms with Gasteiger partial charge in [0, 0.05) is 5.02 Å².